The van der Waals surface area contributed by atoms with Gasteiger partial charge in [-0.25, -0.2) is 17.6 Å². The van der Waals surface area contributed by atoms with Crippen LogP contribution >= 0.6 is 0 Å². The quantitative estimate of drug-likeness (QED) is 0.275. The number of rotatable bonds is 7. The van der Waals surface area contributed by atoms with E-state index in [4.69, 9.17) is 0 Å². The van der Waals surface area contributed by atoms with Crippen LogP contribution in [0.5, 0.6) is 0 Å². The summed E-state index contributed by atoms with van der Waals surface area (Å²) in [4.78, 5) is 0. The van der Waals surface area contributed by atoms with Crippen molar-refractivity contribution in [2.24, 2.45) is 5.92 Å². The zero-order valence-electron chi connectivity index (χ0n) is 17.0. The minimum atomic E-state index is -1.50. The van der Waals surface area contributed by atoms with Crippen molar-refractivity contribution in [3.05, 3.63) is 71.3 Å². The molecule has 0 fully saturated rings. The normalized spacial score (nSPS) is 13.6. The number of fused-ring (bicyclic) bond motifs is 1. The van der Waals surface area contributed by atoms with Gasteiger partial charge in [-0.05, 0) is 53.0 Å². The van der Waals surface area contributed by atoms with E-state index in [0.717, 1.165) is 24.5 Å². The predicted octanol–water partition coefficient (Wildman–Crippen LogP) is 8.38. The van der Waals surface area contributed by atoms with Gasteiger partial charge in [-0.3, -0.25) is 0 Å². The third-order valence-corrected chi connectivity index (χ3v) is 5.72. The Balaban J connectivity index is 1.86. The second kappa shape index (κ2) is 8.98. The van der Waals surface area contributed by atoms with E-state index in [0.29, 0.717) is 17.0 Å². The first-order chi connectivity index (χ1) is 13.8. The molecule has 4 heteroatoms. The number of halogens is 4. The second-order valence-corrected chi connectivity index (χ2v) is 8.03. The van der Waals surface area contributed by atoms with Crippen molar-refractivity contribution < 1.29 is 17.6 Å². The van der Waals surface area contributed by atoms with Crippen molar-refractivity contribution in [3.63, 3.8) is 0 Å². The molecule has 3 aromatic carbocycles. The smallest absolute Gasteiger partial charge is 0.195 e. The average molecular weight is 402 g/mol. The van der Waals surface area contributed by atoms with Crippen molar-refractivity contribution in [3.8, 4) is 11.1 Å². The molecule has 0 aliphatic rings. The van der Waals surface area contributed by atoms with Gasteiger partial charge in [0.25, 0.3) is 0 Å². The molecule has 0 bridgehead atoms. The third kappa shape index (κ3) is 4.63. The summed E-state index contributed by atoms with van der Waals surface area (Å²) in [7, 11) is 0. The van der Waals surface area contributed by atoms with E-state index < -0.39 is 17.5 Å². The lowest BCUT2D eigenvalue weighted by atomic mass is 9.89. The highest BCUT2D eigenvalue weighted by molar-refractivity contribution is 5.88. The van der Waals surface area contributed by atoms with Gasteiger partial charge in [0.1, 0.15) is 5.82 Å². The minimum Gasteiger partial charge on any atom is -0.206 e. The summed E-state index contributed by atoms with van der Waals surface area (Å²) in [6, 6.07) is 10.4. The summed E-state index contributed by atoms with van der Waals surface area (Å²) < 4.78 is 55.7. The maximum Gasteiger partial charge on any atom is 0.195 e. The van der Waals surface area contributed by atoms with E-state index in [1.165, 1.54) is 31.0 Å². The van der Waals surface area contributed by atoms with Gasteiger partial charge in [-0.2, -0.15) is 0 Å². The fourth-order valence-electron chi connectivity index (χ4n) is 3.88. The van der Waals surface area contributed by atoms with E-state index in [9.17, 15) is 17.6 Å². The topological polar surface area (TPSA) is 0 Å². The second-order valence-electron chi connectivity index (χ2n) is 8.03. The molecule has 0 heterocycles. The third-order valence-electron chi connectivity index (χ3n) is 5.72. The molecule has 0 radical (unpaired) electrons. The van der Waals surface area contributed by atoms with E-state index in [2.05, 4.69) is 20.8 Å². The molecule has 0 saturated carbocycles. The monoisotopic (exact) mass is 402 g/mol. The Hall–Kier alpha value is -2.36. The molecule has 0 amide bonds. The molecule has 0 aliphatic heterocycles. The van der Waals surface area contributed by atoms with Crippen LogP contribution in [0.1, 0.15) is 57.9 Å². The molecule has 2 unspecified atom stereocenters. The van der Waals surface area contributed by atoms with Crippen LogP contribution in [0.15, 0.2) is 42.5 Å². The molecule has 3 aromatic rings. The van der Waals surface area contributed by atoms with Crippen LogP contribution < -0.4 is 0 Å². The largest absolute Gasteiger partial charge is 0.206 e. The zero-order valence-corrected chi connectivity index (χ0v) is 17.0. The fraction of sp³-hybridized carbons (Fsp3) is 0.360. The van der Waals surface area contributed by atoms with Crippen LogP contribution in [0.2, 0.25) is 0 Å². The fourth-order valence-corrected chi connectivity index (χ4v) is 3.88. The molecule has 3 rings (SSSR count). The molecule has 0 saturated heterocycles. The van der Waals surface area contributed by atoms with Crippen molar-refractivity contribution in [1.82, 2.24) is 0 Å². The molecule has 2 atom stereocenters. The Bertz CT molecular complexity index is 1010. The number of hydrogen-bond acceptors (Lipinski definition) is 0. The highest BCUT2D eigenvalue weighted by Gasteiger charge is 2.16. The first-order valence-corrected chi connectivity index (χ1v) is 10.2. The van der Waals surface area contributed by atoms with Gasteiger partial charge in [-0.15, -0.1) is 0 Å². The van der Waals surface area contributed by atoms with Gasteiger partial charge in [0, 0.05) is 10.9 Å². The first-order valence-electron chi connectivity index (χ1n) is 10.2. The summed E-state index contributed by atoms with van der Waals surface area (Å²) >= 11 is 0. The van der Waals surface area contributed by atoms with Crippen molar-refractivity contribution in [2.45, 2.75) is 52.4 Å². The molecule has 154 valence electrons. The Kier molecular flexibility index (Phi) is 6.61. The Morgan fingerprint density at radius 1 is 0.759 bits per heavy atom. The van der Waals surface area contributed by atoms with Gasteiger partial charge in [0.05, 0.1) is 0 Å². The Morgan fingerprint density at radius 2 is 1.52 bits per heavy atom. The molecule has 0 nitrogen and oxygen atoms in total. The Labute approximate surface area is 169 Å². The van der Waals surface area contributed by atoms with E-state index in [1.807, 2.05) is 6.07 Å². The molecule has 0 spiro atoms. The Morgan fingerprint density at radius 3 is 2.21 bits per heavy atom. The highest BCUT2D eigenvalue weighted by Crippen LogP contribution is 2.32. The van der Waals surface area contributed by atoms with Gasteiger partial charge in [0.15, 0.2) is 17.5 Å². The molecule has 29 heavy (non-hydrogen) atoms. The number of hydrogen-bond donors (Lipinski definition) is 0. The lowest BCUT2D eigenvalue weighted by Gasteiger charge is -2.16. The maximum atomic E-state index is 14.8. The van der Waals surface area contributed by atoms with Crippen LogP contribution in [-0.4, -0.2) is 0 Å². The van der Waals surface area contributed by atoms with Crippen molar-refractivity contribution in [1.29, 1.82) is 0 Å². The number of benzene rings is 3. The van der Waals surface area contributed by atoms with Crippen LogP contribution in [0.25, 0.3) is 21.9 Å². The van der Waals surface area contributed by atoms with Gasteiger partial charge < -0.3 is 0 Å². The lowest BCUT2D eigenvalue weighted by Crippen LogP contribution is -2.00. The average Bonchev–Trinajstić information content (AvgIpc) is 2.70. The summed E-state index contributed by atoms with van der Waals surface area (Å²) in [5, 5.41) is 0.167. The molecular weight excluding hydrogens is 376 g/mol. The summed E-state index contributed by atoms with van der Waals surface area (Å²) in [6.07, 6.45) is 4.48. The minimum absolute atomic E-state index is 0.0282. The predicted molar refractivity (Wildman–Crippen MR) is 111 cm³/mol. The first kappa shape index (κ1) is 21.4. The maximum absolute atomic E-state index is 14.8. The van der Waals surface area contributed by atoms with Gasteiger partial charge in [-0.1, -0.05) is 64.3 Å². The SMILES string of the molecule is CCCC(C)CCC(C)c1ccc(-c2ccc3c(F)c(F)c(F)cc3c2)c(F)c1. The van der Waals surface area contributed by atoms with E-state index >= 15 is 0 Å². The van der Waals surface area contributed by atoms with Crippen LogP contribution in [0.4, 0.5) is 17.6 Å². The molecule has 0 N–H and O–H groups in total. The van der Waals surface area contributed by atoms with Gasteiger partial charge in [0.2, 0.25) is 0 Å². The molecule has 0 aliphatic carbocycles. The van der Waals surface area contributed by atoms with E-state index in [-0.39, 0.29) is 22.5 Å². The molecular formula is C25H26F4. The van der Waals surface area contributed by atoms with Gasteiger partial charge >= 0.3 is 0 Å². The van der Waals surface area contributed by atoms with E-state index in [1.54, 1.807) is 12.1 Å². The molecule has 0 aromatic heterocycles. The van der Waals surface area contributed by atoms with Crippen LogP contribution in [0.3, 0.4) is 0 Å². The van der Waals surface area contributed by atoms with Crippen LogP contribution in [0, 0.1) is 29.2 Å². The summed E-state index contributed by atoms with van der Waals surface area (Å²) in [5.41, 5.74) is 1.79. The van der Waals surface area contributed by atoms with Crippen LogP contribution in [-0.2, 0) is 0 Å². The lowest BCUT2D eigenvalue weighted by molar-refractivity contribution is 0.448. The van der Waals surface area contributed by atoms with Crippen molar-refractivity contribution >= 4 is 10.8 Å². The summed E-state index contributed by atoms with van der Waals surface area (Å²) in [6.45, 7) is 6.53. The zero-order chi connectivity index (χ0) is 21.1. The van der Waals surface area contributed by atoms with Crippen molar-refractivity contribution in [2.75, 3.05) is 0 Å². The summed E-state index contributed by atoms with van der Waals surface area (Å²) in [5.74, 6) is -3.44. The highest BCUT2D eigenvalue weighted by atomic mass is 19.2. The standard InChI is InChI=1S/C25H26F4/c1-4-5-15(2)6-7-16(3)17-8-10-20(22(26)13-17)18-9-11-21-19(12-18)14-23(27)25(29)24(21)28/h8-16H,4-7H2,1-3H3.